The van der Waals surface area contributed by atoms with Crippen molar-refractivity contribution in [2.75, 3.05) is 4.90 Å². The molecule has 11 aromatic carbocycles. The minimum absolute atomic E-state index is 1.10. The molecule has 13 aromatic rings. The lowest BCUT2D eigenvalue weighted by molar-refractivity contribution is 1.18. The highest BCUT2D eigenvalue weighted by Gasteiger charge is 2.21. The van der Waals surface area contributed by atoms with Gasteiger partial charge in [-0.2, -0.15) is 0 Å². The predicted molar refractivity (Wildman–Crippen MR) is 280 cm³/mol. The summed E-state index contributed by atoms with van der Waals surface area (Å²) in [4.78, 5) is 2.40. The molecule has 0 spiro atoms. The Bertz CT molecular complexity index is 3940. The summed E-state index contributed by atoms with van der Waals surface area (Å²) in [5.74, 6) is 0. The molecule has 0 amide bonds. The molecule has 0 aliphatic carbocycles. The molecule has 304 valence electrons. The second kappa shape index (κ2) is 15.2. The fourth-order valence-electron chi connectivity index (χ4n) is 10.2. The number of nitrogens with zero attached hydrogens (tertiary/aromatic N) is 2. The average molecular weight is 845 g/mol. The summed E-state index contributed by atoms with van der Waals surface area (Å²) >= 11 is 1.86. The van der Waals surface area contributed by atoms with Gasteiger partial charge in [-0.1, -0.05) is 176 Å². The first-order valence-corrected chi connectivity index (χ1v) is 23.1. The van der Waals surface area contributed by atoms with Gasteiger partial charge in [0.25, 0.3) is 0 Å². The Balaban J connectivity index is 0.971. The maximum Gasteiger partial charge on any atom is 0.0619 e. The number of para-hydroxylation sites is 2. The molecule has 2 nitrogen and oxygen atoms in total. The van der Waals surface area contributed by atoms with Crippen LogP contribution in [0.3, 0.4) is 0 Å². The normalized spacial score (nSPS) is 11.7. The number of hydrogen-bond acceptors (Lipinski definition) is 2. The summed E-state index contributed by atoms with van der Waals surface area (Å²) in [6, 6.07) is 89.0. The molecule has 0 aliphatic heterocycles. The summed E-state index contributed by atoms with van der Waals surface area (Å²) in [5.41, 5.74) is 14.0. The van der Waals surface area contributed by atoms with Gasteiger partial charge in [0.1, 0.15) is 0 Å². The Kier molecular flexibility index (Phi) is 8.75. The van der Waals surface area contributed by atoms with Crippen molar-refractivity contribution in [1.82, 2.24) is 4.57 Å². The van der Waals surface area contributed by atoms with Crippen molar-refractivity contribution in [3.8, 4) is 39.1 Å². The maximum atomic E-state index is 2.48. The molecule has 0 N–H and O–H groups in total. The third kappa shape index (κ3) is 6.24. The van der Waals surface area contributed by atoms with Gasteiger partial charge in [-0.15, -0.1) is 11.3 Å². The molecule has 0 aliphatic rings. The van der Waals surface area contributed by atoms with Gasteiger partial charge in [0.15, 0.2) is 0 Å². The molecule has 2 aromatic heterocycles. The smallest absolute Gasteiger partial charge is 0.0619 e. The van der Waals surface area contributed by atoms with Gasteiger partial charge in [0.05, 0.1) is 11.0 Å². The topological polar surface area (TPSA) is 8.17 Å². The van der Waals surface area contributed by atoms with E-state index in [1.807, 2.05) is 11.3 Å². The van der Waals surface area contributed by atoms with Crippen LogP contribution in [0.4, 0.5) is 17.1 Å². The Morgan fingerprint density at radius 3 is 1.78 bits per heavy atom. The highest BCUT2D eigenvalue weighted by molar-refractivity contribution is 7.25. The van der Waals surface area contributed by atoms with E-state index in [2.05, 4.69) is 252 Å². The molecule has 0 unspecified atom stereocenters. The van der Waals surface area contributed by atoms with E-state index in [0.29, 0.717) is 0 Å². The van der Waals surface area contributed by atoms with E-state index in [1.165, 1.54) is 91.3 Å². The van der Waals surface area contributed by atoms with Crippen LogP contribution in [0.2, 0.25) is 0 Å². The second-order valence-electron chi connectivity index (χ2n) is 16.9. The van der Waals surface area contributed by atoms with Gasteiger partial charge in [-0.3, -0.25) is 0 Å². The van der Waals surface area contributed by atoms with Crippen LogP contribution in [-0.4, -0.2) is 4.57 Å². The standard InChI is InChI=1S/C62H40N2S/c1-3-14-41(15-4-1)42-30-33-49(34-31-42)63(51-35-36-55-54-24-9-10-27-58(54)65-59(55)40-51)50-22-12-18-46(39-50)45-17-11-19-47(38-45)53-25-13-26-56-61-57(64(62(53)56)48-20-5-2-6-21-48)37-32-44-29-28-43-16-7-8-23-52(43)60(44)61/h1-40H. The van der Waals surface area contributed by atoms with E-state index in [-0.39, 0.29) is 0 Å². The Labute approximate surface area is 381 Å². The maximum absolute atomic E-state index is 2.48. The van der Waals surface area contributed by atoms with Gasteiger partial charge in [-0.05, 0) is 116 Å². The molecule has 0 fully saturated rings. The monoisotopic (exact) mass is 844 g/mol. The number of aromatic nitrogens is 1. The zero-order valence-electron chi connectivity index (χ0n) is 35.4. The van der Waals surface area contributed by atoms with Gasteiger partial charge < -0.3 is 9.47 Å². The van der Waals surface area contributed by atoms with Crippen molar-refractivity contribution in [1.29, 1.82) is 0 Å². The lowest BCUT2D eigenvalue weighted by Gasteiger charge is -2.26. The van der Waals surface area contributed by atoms with Crippen LogP contribution in [0, 0.1) is 0 Å². The van der Waals surface area contributed by atoms with E-state index < -0.39 is 0 Å². The first kappa shape index (κ1) is 37.3. The second-order valence-corrected chi connectivity index (χ2v) is 18.0. The third-order valence-electron chi connectivity index (χ3n) is 13.1. The zero-order valence-corrected chi connectivity index (χ0v) is 36.2. The summed E-state index contributed by atoms with van der Waals surface area (Å²) in [7, 11) is 0. The molecule has 0 atom stereocenters. The van der Waals surface area contributed by atoms with Gasteiger partial charge >= 0.3 is 0 Å². The van der Waals surface area contributed by atoms with E-state index >= 15 is 0 Å². The van der Waals surface area contributed by atoms with Gasteiger partial charge in [0, 0.05) is 59.3 Å². The number of benzene rings is 11. The zero-order chi connectivity index (χ0) is 42.8. The van der Waals surface area contributed by atoms with Gasteiger partial charge in [-0.25, -0.2) is 0 Å². The van der Waals surface area contributed by atoms with Crippen LogP contribution in [-0.2, 0) is 0 Å². The average Bonchev–Trinajstić information content (AvgIpc) is 3.93. The number of fused-ring (bicyclic) bond motifs is 10. The van der Waals surface area contributed by atoms with E-state index in [0.717, 1.165) is 28.3 Å². The van der Waals surface area contributed by atoms with Crippen LogP contribution in [0.15, 0.2) is 243 Å². The van der Waals surface area contributed by atoms with E-state index in [1.54, 1.807) is 0 Å². The quantitative estimate of drug-likeness (QED) is 0.145. The first-order chi connectivity index (χ1) is 32.2. The molecular formula is C62H40N2S. The molecule has 13 rings (SSSR count). The molecule has 0 bridgehead atoms. The molecule has 0 saturated heterocycles. The van der Waals surface area contributed by atoms with E-state index in [4.69, 9.17) is 0 Å². The highest BCUT2D eigenvalue weighted by Crippen LogP contribution is 2.45. The third-order valence-corrected chi connectivity index (χ3v) is 14.3. The Morgan fingerprint density at radius 2 is 0.923 bits per heavy atom. The van der Waals surface area contributed by atoms with Crippen LogP contribution in [0.25, 0.3) is 103 Å². The lowest BCUT2D eigenvalue weighted by Crippen LogP contribution is -2.09. The molecule has 2 heterocycles. The summed E-state index contributed by atoms with van der Waals surface area (Å²) < 4.78 is 5.06. The van der Waals surface area contributed by atoms with Crippen molar-refractivity contribution in [3.63, 3.8) is 0 Å². The van der Waals surface area contributed by atoms with Crippen molar-refractivity contribution < 1.29 is 0 Å². The number of hydrogen-bond donors (Lipinski definition) is 0. The van der Waals surface area contributed by atoms with Gasteiger partial charge in [0.2, 0.25) is 0 Å². The highest BCUT2D eigenvalue weighted by atomic mass is 32.1. The number of rotatable bonds is 7. The van der Waals surface area contributed by atoms with Crippen LogP contribution < -0.4 is 4.90 Å². The Morgan fingerprint density at radius 1 is 0.323 bits per heavy atom. The minimum atomic E-state index is 1.10. The molecular weight excluding hydrogens is 805 g/mol. The fraction of sp³-hybridized carbons (Fsp3) is 0. The lowest BCUT2D eigenvalue weighted by atomic mass is 9.95. The molecule has 0 radical (unpaired) electrons. The molecule has 3 heteroatoms. The first-order valence-electron chi connectivity index (χ1n) is 22.2. The van der Waals surface area contributed by atoms with Crippen molar-refractivity contribution in [2.24, 2.45) is 0 Å². The van der Waals surface area contributed by atoms with Crippen LogP contribution in [0.5, 0.6) is 0 Å². The van der Waals surface area contributed by atoms with Crippen molar-refractivity contribution in [3.05, 3.63) is 243 Å². The summed E-state index contributed by atoms with van der Waals surface area (Å²) in [6.45, 7) is 0. The summed E-state index contributed by atoms with van der Waals surface area (Å²) in [5, 5.41) is 10.2. The van der Waals surface area contributed by atoms with Crippen LogP contribution >= 0.6 is 11.3 Å². The number of anilines is 3. The molecule has 65 heavy (non-hydrogen) atoms. The van der Waals surface area contributed by atoms with Crippen LogP contribution in [0.1, 0.15) is 0 Å². The Hall–Kier alpha value is -8.24. The predicted octanol–water partition coefficient (Wildman–Crippen LogP) is 17.9. The number of thiophene rings is 1. The summed E-state index contributed by atoms with van der Waals surface area (Å²) in [6.07, 6.45) is 0. The SMILES string of the molecule is c1ccc(-c2ccc(N(c3cccc(-c4cccc(-c5cccc6c7c8c(ccc9ccccc98)ccc7n(-c7ccccc7)c56)c4)c3)c3ccc4c(c3)sc3ccccc34)cc2)cc1. The van der Waals surface area contributed by atoms with Crippen molar-refractivity contribution in [2.45, 2.75) is 0 Å². The fourth-order valence-corrected chi connectivity index (χ4v) is 11.3. The van der Waals surface area contributed by atoms with E-state index in [9.17, 15) is 0 Å². The minimum Gasteiger partial charge on any atom is -0.310 e. The largest absolute Gasteiger partial charge is 0.310 e. The molecule has 0 saturated carbocycles. The van der Waals surface area contributed by atoms with Crippen molar-refractivity contribution >= 4 is 91.9 Å².